The van der Waals surface area contributed by atoms with Gasteiger partial charge in [0.25, 0.3) is 5.69 Å². The molecule has 0 atom stereocenters. The van der Waals surface area contributed by atoms with Gasteiger partial charge in [0.05, 0.1) is 20.5 Å². The summed E-state index contributed by atoms with van der Waals surface area (Å²) in [6.07, 6.45) is 0. The van der Waals surface area contributed by atoms with E-state index in [1.54, 1.807) is 24.3 Å². The molecule has 2 aromatic rings. The molecule has 0 saturated carbocycles. The molecule has 0 bridgehead atoms. The van der Waals surface area contributed by atoms with Crippen LogP contribution in [0.25, 0.3) is 0 Å². The van der Waals surface area contributed by atoms with Gasteiger partial charge >= 0.3 is 0 Å². The molecule has 0 heterocycles. The van der Waals surface area contributed by atoms with Gasteiger partial charge in [0, 0.05) is 12.1 Å². The zero-order valence-electron chi connectivity index (χ0n) is 10.0. The average molecular weight is 403 g/mol. The van der Waals surface area contributed by atoms with Gasteiger partial charge in [0.2, 0.25) is 0 Å². The first-order chi connectivity index (χ1) is 9.51. The van der Waals surface area contributed by atoms with Crippen molar-refractivity contribution in [1.82, 2.24) is 0 Å². The zero-order chi connectivity index (χ0) is 14.7. The third-order valence-electron chi connectivity index (χ3n) is 2.52. The van der Waals surface area contributed by atoms with Crippen LogP contribution in [-0.2, 0) is 6.61 Å². The maximum absolute atomic E-state index is 10.7. The largest absolute Gasteiger partial charge is 0.455 e. The van der Waals surface area contributed by atoms with Crippen LogP contribution in [0, 0.1) is 10.1 Å². The van der Waals surface area contributed by atoms with Gasteiger partial charge in [-0.15, -0.1) is 0 Å². The van der Waals surface area contributed by atoms with Gasteiger partial charge < -0.3 is 9.84 Å². The van der Waals surface area contributed by atoms with Crippen molar-refractivity contribution in [2.45, 2.75) is 6.61 Å². The minimum absolute atomic E-state index is 0.0354. The maximum atomic E-state index is 10.7. The van der Waals surface area contributed by atoms with E-state index in [4.69, 9.17) is 9.84 Å². The fraction of sp³-hybridized carbons (Fsp3) is 0.0769. The molecule has 0 aliphatic heterocycles. The number of nitrogens with zero attached hydrogens (tertiary/aromatic N) is 1. The highest BCUT2D eigenvalue weighted by Crippen LogP contribution is 2.39. The Morgan fingerprint density at radius 1 is 1.15 bits per heavy atom. The van der Waals surface area contributed by atoms with E-state index in [0.717, 1.165) is 5.56 Å². The van der Waals surface area contributed by atoms with Gasteiger partial charge in [-0.25, -0.2) is 0 Å². The summed E-state index contributed by atoms with van der Waals surface area (Å²) in [5.41, 5.74) is 0.742. The van der Waals surface area contributed by atoms with E-state index in [-0.39, 0.29) is 12.3 Å². The second-order valence-corrected chi connectivity index (χ2v) is 5.61. The van der Waals surface area contributed by atoms with Gasteiger partial charge in [-0.05, 0) is 49.6 Å². The highest BCUT2D eigenvalue weighted by molar-refractivity contribution is 9.11. The number of benzene rings is 2. The first-order valence-corrected chi connectivity index (χ1v) is 7.11. The molecule has 2 rings (SSSR count). The molecule has 0 aliphatic rings. The molecule has 0 aliphatic carbocycles. The van der Waals surface area contributed by atoms with Crippen LogP contribution >= 0.6 is 31.9 Å². The predicted molar refractivity (Wildman–Crippen MR) is 80.9 cm³/mol. The van der Waals surface area contributed by atoms with Crippen LogP contribution in [0.4, 0.5) is 5.69 Å². The molecular formula is C13H9Br2NO4. The summed E-state index contributed by atoms with van der Waals surface area (Å²) in [7, 11) is 0. The molecule has 0 unspecified atom stereocenters. The third kappa shape index (κ3) is 3.36. The number of hydrogen-bond acceptors (Lipinski definition) is 4. The number of non-ortho nitro benzene ring substituents is 1. The van der Waals surface area contributed by atoms with Crippen molar-refractivity contribution in [2.24, 2.45) is 0 Å². The molecule has 2 aromatic carbocycles. The molecule has 7 heteroatoms. The second kappa shape index (κ2) is 6.34. The lowest BCUT2D eigenvalue weighted by Gasteiger charge is -2.10. The molecule has 0 aromatic heterocycles. The number of aliphatic hydroxyl groups excluding tert-OH is 1. The van der Waals surface area contributed by atoms with Crippen LogP contribution in [0.2, 0.25) is 0 Å². The van der Waals surface area contributed by atoms with Crippen molar-refractivity contribution in [3.05, 3.63) is 61.0 Å². The summed E-state index contributed by atoms with van der Waals surface area (Å²) in [6.45, 7) is -0.0365. The number of nitro groups is 1. The predicted octanol–water partition coefficient (Wildman–Crippen LogP) is 4.40. The summed E-state index contributed by atoms with van der Waals surface area (Å²) in [5, 5.41) is 19.7. The number of rotatable bonds is 4. The maximum Gasteiger partial charge on any atom is 0.271 e. The van der Waals surface area contributed by atoms with Gasteiger partial charge in [-0.2, -0.15) is 0 Å². The summed E-state index contributed by atoms with van der Waals surface area (Å²) in [6, 6.07) is 9.66. The molecule has 0 spiro atoms. The van der Waals surface area contributed by atoms with E-state index in [0.29, 0.717) is 20.4 Å². The Kier molecular flexibility index (Phi) is 4.74. The minimum Gasteiger partial charge on any atom is -0.455 e. The van der Waals surface area contributed by atoms with Crippen LogP contribution in [0.5, 0.6) is 11.5 Å². The Morgan fingerprint density at radius 3 is 2.15 bits per heavy atom. The summed E-state index contributed by atoms with van der Waals surface area (Å²) >= 11 is 6.50. The Labute approximate surface area is 131 Å². The van der Waals surface area contributed by atoms with Crippen LogP contribution in [0.1, 0.15) is 5.56 Å². The molecule has 5 nitrogen and oxygen atoms in total. The first-order valence-electron chi connectivity index (χ1n) is 5.52. The Hall–Kier alpha value is -1.44. The van der Waals surface area contributed by atoms with Crippen LogP contribution in [-0.4, -0.2) is 10.0 Å². The van der Waals surface area contributed by atoms with Crippen molar-refractivity contribution >= 4 is 37.5 Å². The molecule has 0 saturated heterocycles. The van der Waals surface area contributed by atoms with Gasteiger partial charge in [-0.1, -0.05) is 12.1 Å². The highest BCUT2D eigenvalue weighted by Gasteiger charge is 2.15. The van der Waals surface area contributed by atoms with E-state index in [9.17, 15) is 10.1 Å². The summed E-state index contributed by atoms with van der Waals surface area (Å²) < 4.78 is 6.63. The van der Waals surface area contributed by atoms with Crippen molar-refractivity contribution in [3.8, 4) is 11.5 Å². The van der Waals surface area contributed by atoms with Gasteiger partial charge in [0.15, 0.2) is 5.75 Å². The van der Waals surface area contributed by atoms with E-state index in [1.807, 2.05) is 0 Å². The lowest BCUT2D eigenvalue weighted by Crippen LogP contribution is -1.92. The third-order valence-corrected chi connectivity index (χ3v) is 3.70. The molecular weight excluding hydrogens is 394 g/mol. The molecule has 104 valence electrons. The quantitative estimate of drug-likeness (QED) is 0.607. The van der Waals surface area contributed by atoms with E-state index in [2.05, 4.69) is 31.9 Å². The van der Waals surface area contributed by atoms with Crippen LogP contribution in [0.15, 0.2) is 45.3 Å². The van der Waals surface area contributed by atoms with Crippen molar-refractivity contribution < 1.29 is 14.8 Å². The number of aliphatic hydroxyl groups is 1. The number of ether oxygens (including phenoxy) is 1. The van der Waals surface area contributed by atoms with Gasteiger partial charge in [0.1, 0.15) is 5.75 Å². The van der Waals surface area contributed by atoms with Gasteiger partial charge in [-0.3, -0.25) is 10.1 Å². The molecule has 1 N–H and O–H groups in total. The van der Waals surface area contributed by atoms with E-state index in [1.165, 1.54) is 12.1 Å². The summed E-state index contributed by atoms with van der Waals surface area (Å²) in [5.74, 6) is 1.02. The molecule has 0 amide bonds. The number of hydrogen-bond donors (Lipinski definition) is 1. The van der Waals surface area contributed by atoms with E-state index < -0.39 is 4.92 Å². The summed E-state index contributed by atoms with van der Waals surface area (Å²) in [4.78, 5) is 10.3. The van der Waals surface area contributed by atoms with Crippen molar-refractivity contribution in [1.29, 1.82) is 0 Å². The smallest absolute Gasteiger partial charge is 0.271 e. The first kappa shape index (κ1) is 15.0. The lowest BCUT2D eigenvalue weighted by molar-refractivity contribution is -0.385. The van der Waals surface area contributed by atoms with Crippen LogP contribution < -0.4 is 4.74 Å². The normalized spacial score (nSPS) is 10.3. The Bertz CT molecular complexity index is 620. The van der Waals surface area contributed by atoms with Crippen molar-refractivity contribution in [3.63, 3.8) is 0 Å². The standard InChI is InChI=1S/C13H9Br2NO4/c14-11-5-9(16(18)19)6-12(15)13(11)20-10-3-1-8(7-17)2-4-10/h1-6,17H,7H2. The monoisotopic (exact) mass is 401 g/mol. The Balaban J connectivity index is 2.30. The fourth-order valence-corrected chi connectivity index (χ4v) is 2.85. The minimum atomic E-state index is -0.477. The second-order valence-electron chi connectivity index (χ2n) is 3.90. The fourth-order valence-electron chi connectivity index (χ4n) is 1.53. The zero-order valence-corrected chi connectivity index (χ0v) is 13.2. The average Bonchev–Trinajstić information content (AvgIpc) is 2.43. The topological polar surface area (TPSA) is 72.6 Å². The number of nitro benzene ring substituents is 1. The molecule has 0 fully saturated rings. The van der Waals surface area contributed by atoms with E-state index >= 15 is 0 Å². The number of halogens is 2. The SMILES string of the molecule is O=[N+]([O-])c1cc(Br)c(Oc2ccc(CO)cc2)c(Br)c1. The highest BCUT2D eigenvalue weighted by atomic mass is 79.9. The van der Waals surface area contributed by atoms with Crippen LogP contribution in [0.3, 0.4) is 0 Å². The Morgan fingerprint density at radius 2 is 1.70 bits per heavy atom. The molecule has 0 radical (unpaired) electrons. The lowest BCUT2D eigenvalue weighted by atomic mass is 10.2. The molecule has 20 heavy (non-hydrogen) atoms. The van der Waals surface area contributed by atoms with Crippen molar-refractivity contribution in [2.75, 3.05) is 0 Å².